The topological polar surface area (TPSA) is 59.2 Å². The fourth-order valence-electron chi connectivity index (χ4n) is 3.05. The minimum atomic E-state index is -0.0819. The molecule has 0 saturated carbocycles. The lowest BCUT2D eigenvalue weighted by molar-refractivity contribution is 0.0702. The van der Waals surface area contributed by atoms with Gasteiger partial charge in [0.25, 0.3) is 5.91 Å². The summed E-state index contributed by atoms with van der Waals surface area (Å²) in [6.45, 7) is 1.43. The van der Waals surface area contributed by atoms with Crippen LogP contribution in [0.4, 0.5) is 0 Å². The predicted octanol–water partition coefficient (Wildman–Crippen LogP) is 4.47. The molecule has 7 heteroatoms. The van der Waals surface area contributed by atoms with Gasteiger partial charge in [0.15, 0.2) is 11.5 Å². The Labute approximate surface area is 154 Å². The molecule has 25 heavy (non-hydrogen) atoms. The third kappa shape index (κ3) is 3.45. The molecule has 0 bridgehead atoms. The molecule has 1 aliphatic rings. The van der Waals surface area contributed by atoms with Gasteiger partial charge < -0.3 is 9.42 Å². The Kier molecular flexibility index (Phi) is 4.55. The van der Waals surface area contributed by atoms with Crippen LogP contribution in [0.3, 0.4) is 0 Å². The van der Waals surface area contributed by atoms with Crippen LogP contribution in [0.1, 0.15) is 34.3 Å². The van der Waals surface area contributed by atoms with Crippen molar-refractivity contribution < 1.29 is 9.32 Å². The zero-order valence-corrected chi connectivity index (χ0v) is 15.0. The fraction of sp³-hybridized carbons (Fsp3) is 0.278. The average molecular weight is 374 g/mol. The minimum Gasteiger partial charge on any atom is -0.355 e. The molecule has 1 amide bonds. The number of rotatable bonds is 3. The number of likely N-dealkylation sites (tertiary alicyclic amines) is 1. The molecule has 0 spiro atoms. The second kappa shape index (κ2) is 6.98. The van der Waals surface area contributed by atoms with Gasteiger partial charge in [-0.3, -0.25) is 4.79 Å². The van der Waals surface area contributed by atoms with Crippen molar-refractivity contribution in [2.45, 2.75) is 18.8 Å². The van der Waals surface area contributed by atoms with Gasteiger partial charge in [0.1, 0.15) is 0 Å². The van der Waals surface area contributed by atoms with E-state index in [2.05, 4.69) is 10.1 Å². The highest BCUT2D eigenvalue weighted by Gasteiger charge is 2.27. The zero-order chi connectivity index (χ0) is 17.2. The third-order valence-electron chi connectivity index (χ3n) is 4.44. The Balaban J connectivity index is 1.43. The van der Waals surface area contributed by atoms with Gasteiger partial charge in [0.2, 0.25) is 0 Å². The van der Waals surface area contributed by atoms with E-state index in [0.717, 1.165) is 18.4 Å². The summed E-state index contributed by atoms with van der Waals surface area (Å²) in [6, 6.07) is 8.94. The number of halogens is 1. The van der Waals surface area contributed by atoms with E-state index in [1.54, 1.807) is 29.5 Å². The molecule has 2 aromatic heterocycles. The molecule has 1 fully saturated rings. The van der Waals surface area contributed by atoms with E-state index >= 15 is 0 Å². The number of thiazole rings is 1. The molecule has 1 aliphatic heterocycles. The van der Waals surface area contributed by atoms with Gasteiger partial charge in [-0.2, -0.15) is 0 Å². The fourth-order valence-corrected chi connectivity index (χ4v) is 3.99. The van der Waals surface area contributed by atoms with Crippen LogP contribution >= 0.6 is 22.9 Å². The molecule has 1 saturated heterocycles. The Morgan fingerprint density at radius 3 is 2.68 bits per heavy atom. The molecule has 3 heterocycles. The summed E-state index contributed by atoms with van der Waals surface area (Å²) in [5.74, 6) is 0.935. The second-order valence-corrected chi connectivity index (χ2v) is 7.38. The summed E-state index contributed by atoms with van der Waals surface area (Å²) in [4.78, 5) is 18.9. The maximum Gasteiger partial charge on any atom is 0.276 e. The number of nitrogens with zero attached hydrogens (tertiary/aromatic N) is 3. The first-order valence-electron chi connectivity index (χ1n) is 8.12. The van der Waals surface area contributed by atoms with E-state index in [1.807, 2.05) is 28.6 Å². The molecule has 0 aliphatic carbocycles. The van der Waals surface area contributed by atoms with Crippen molar-refractivity contribution in [3.8, 4) is 11.3 Å². The maximum atomic E-state index is 12.7. The summed E-state index contributed by atoms with van der Waals surface area (Å²) < 4.78 is 5.33. The van der Waals surface area contributed by atoms with E-state index in [1.165, 1.54) is 5.01 Å². The van der Waals surface area contributed by atoms with Gasteiger partial charge in [-0.15, -0.1) is 11.3 Å². The SMILES string of the molecule is O=C(c1cc(-c2ccc(Cl)cc2)on1)N1CCC(c2nccs2)CC1. The number of benzene rings is 1. The zero-order valence-electron chi connectivity index (χ0n) is 13.4. The quantitative estimate of drug-likeness (QED) is 0.679. The van der Waals surface area contributed by atoms with Gasteiger partial charge in [0.05, 0.1) is 5.01 Å². The van der Waals surface area contributed by atoms with E-state index < -0.39 is 0 Å². The molecular formula is C18H16ClN3O2S. The van der Waals surface area contributed by atoms with Crippen molar-refractivity contribution in [1.82, 2.24) is 15.0 Å². The molecule has 0 N–H and O–H groups in total. The molecular weight excluding hydrogens is 358 g/mol. The Bertz CT molecular complexity index is 853. The molecule has 0 radical (unpaired) electrons. The summed E-state index contributed by atoms with van der Waals surface area (Å²) in [7, 11) is 0. The van der Waals surface area contributed by atoms with E-state index in [4.69, 9.17) is 16.1 Å². The van der Waals surface area contributed by atoms with Crippen molar-refractivity contribution >= 4 is 28.8 Å². The third-order valence-corrected chi connectivity index (χ3v) is 5.63. The Morgan fingerprint density at radius 1 is 1.24 bits per heavy atom. The lowest BCUT2D eigenvalue weighted by atomic mass is 9.97. The standard InChI is InChI=1S/C18H16ClN3O2S/c19-14-3-1-12(2-4-14)16-11-15(21-24-16)18(23)22-8-5-13(6-9-22)17-20-7-10-25-17/h1-4,7,10-11,13H,5-6,8-9H2. The van der Waals surface area contributed by atoms with Crippen LogP contribution in [0, 0.1) is 0 Å². The van der Waals surface area contributed by atoms with Gasteiger partial charge in [0, 0.05) is 47.2 Å². The molecule has 0 atom stereocenters. The highest BCUT2D eigenvalue weighted by Crippen LogP contribution is 2.30. The number of carbonyl (C=O) groups is 1. The second-order valence-electron chi connectivity index (χ2n) is 6.02. The number of piperidine rings is 1. The molecule has 128 valence electrons. The van der Waals surface area contributed by atoms with Crippen LogP contribution in [0.2, 0.25) is 5.02 Å². The van der Waals surface area contributed by atoms with Crippen LogP contribution in [0.15, 0.2) is 46.4 Å². The molecule has 3 aromatic rings. The lowest BCUT2D eigenvalue weighted by Crippen LogP contribution is -2.38. The first kappa shape index (κ1) is 16.3. The monoisotopic (exact) mass is 373 g/mol. The first-order chi connectivity index (χ1) is 12.2. The summed E-state index contributed by atoms with van der Waals surface area (Å²) in [6.07, 6.45) is 3.70. The molecule has 5 nitrogen and oxygen atoms in total. The summed E-state index contributed by atoms with van der Waals surface area (Å²) >= 11 is 7.58. The number of carbonyl (C=O) groups excluding carboxylic acids is 1. The Morgan fingerprint density at radius 2 is 2.00 bits per heavy atom. The maximum absolute atomic E-state index is 12.7. The average Bonchev–Trinajstić information content (AvgIpc) is 3.34. The van der Waals surface area contributed by atoms with Crippen LogP contribution in [-0.2, 0) is 0 Å². The molecule has 4 rings (SSSR count). The normalized spacial score (nSPS) is 15.5. The summed E-state index contributed by atoms with van der Waals surface area (Å²) in [5, 5.41) is 7.77. The van der Waals surface area contributed by atoms with E-state index in [-0.39, 0.29) is 5.91 Å². The van der Waals surface area contributed by atoms with Crippen LogP contribution in [0.5, 0.6) is 0 Å². The van der Waals surface area contributed by atoms with E-state index in [9.17, 15) is 4.79 Å². The number of aromatic nitrogens is 2. The van der Waals surface area contributed by atoms with Gasteiger partial charge in [-0.25, -0.2) is 4.98 Å². The highest BCUT2D eigenvalue weighted by atomic mass is 35.5. The van der Waals surface area contributed by atoms with Gasteiger partial charge in [-0.05, 0) is 37.1 Å². The van der Waals surface area contributed by atoms with Gasteiger partial charge >= 0.3 is 0 Å². The van der Waals surface area contributed by atoms with Crippen molar-refractivity contribution in [2.75, 3.05) is 13.1 Å². The van der Waals surface area contributed by atoms with Crippen molar-refractivity contribution in [3.63, 3.8) is 0 Å². The number of hydrogen-bond acceptors (Lipinski definition) is 5. The van der Waals surface area contributed by atoms with Crippen molar-refractivity contribution in [1.29, 1.82) is 0 Å². The van der Waals surface area contributed by atoms with Crippen molar-refractivity contribution in [3.05, 3.63) is 57.6 Å². The smallest absolute Gasteiger partial charge is 0.276 e. The Hall–Kier alpha value is -2.18. The van der Waals surface area contributed by atoms with Crippen LogP contribution in [0.25, 0.3) is 11.3 Å². The van der Waals surface area contributed by atoms with Crippen LogP contribution in [-0.4, -0.2) is 34.0 Å². The molecule has 0 unspecified atom stereocenters. The molecule has 1 aromatic carbocycles. The van der Waals surface area contributed by atoms with Crippen molar-refractivity contribution in [2.24, 2.45) is 0 Å². The first-order valence-corrected chi connectivity index (χ1v) is 9.38. The predicted molar refractivity (Wildman–Crippen MR) is 96.9 cm³/mol. The van der Waals surface area contributed by atoms with Gasteiger partial charge in [-0.1, -0.05) is 16.8 Å². The number of amides is 1. The summed E-state index contributed by atoms with van der Waals surface area (Å²) in [5.41, 5.74) is 1.19. The van der Waals surface area contributed by atoms with Crippen LogP contribution < -0.4 is 0 Å². The minimum absolute atomic E-state index is 0.0819. The highest BCUT2D eigenvalue weighted by molar-refractivity contribution is 7.09. The lowest BCUT2D eigenvalue weighted by Gasteiger charge is -2.30. The van der Waals surface area contributed by atoms with E-state index in [0.29, 0.717) is 35.5 Å². The number of hydrogen-bond donors (Lipinski definition) is 0. The largest absolute Gasteiger partial charge is 0.355 e.